The molecule has 0 saturated carbocycles. The highest BCUT2D eigenvalue weighted by Gasteiger charge is 2.46. The van der Waals surface area contributed by atoms with Crippen LogP contribution < -0.4 is 4.90 Å². The van der Waals surface area contributed by atoms with Gasteiger partial charge in [-0.25, -0.2) is 23.5 Å². The Hall–Kier alpha value is -3.68. The summed E-state index contributed by atoms with van der Waals surface area (Å²) in [7, 11) is 0. The van der Waals surface area contributed by atoms with E-state index in [9.17, 15) is 39.9 Å². The van der Waals surface area contributed by atoms with Crippen LogP contribution in [0, 0.1) is 0 Å². The average Bonchev–Trinajstić information content (AvgIpc) is 3.15. The first-order valence-electron chi connectivity index (χ1n) is 12.0. The van der Waals surface area contributed by atoms with Gasteiger partial charge in [0.1, 0.15) is 6.10 Å². The van der Waals surface area contributed by atoms with Crippen molar-refractivity contribution < 1.29 is 44.7 Å². The highest BCUT2D eigenvalue weighted by atomic mass is 35.5. The Morgan fingerprint density at radius 1 is 1.00 bits per heavy atom. The Bertz CT molecular complexity index is 1460. The molecule has 0 spiro atoms. The molecule has 2 atom stereocenters. The molecule has 41 heavy (non-hydrogen) atoms. The van der Waals surface area contributed by atoms with Crippen molar-refractivity contribution in [2.75, 3.05) is 18.0 Å². The van der Waals surface area contributed by atoms with Crippen molar-refractivity contribution >= 4 is 23.6 Å². The van der Waals surface area contributed by atoms with Crippen molar-refractivity contribution in [3.63, 3.8) is 0 Å². The van der Waals surface area contributed by atoms with Gasteiger partial charge in [-0.2, -0.15) is 26.3 Å². The normalized spacial score (nSPS) is 20.7. The molecule has 2 saturated heterocycles. The Morgan fingerprint density at radius 3 is 2.17 bits per heavy atom. The van der Waals surface area contributed by atoms with E-state index in [1.165, 1.54) is 18.0 Å². The van der Waals surface area contributed by atoms with Crippen LogP contribution in [0.5, 0.6) is 0 Å². The van der Waals surface area contributed by atoms with Gasteiger partial charge in [0.25, 0.3) is 5.92 Å². The molecule has 1 amide bonds. The van der Waals surface area contributed by atoms with E-state index in [4.69, 9.17) is 16.3 Å². The fraction of sp³-hybridized carbons (Fsp3) is 0.346. The summed E-state index contributed by atoms with van der Waals surface area (Å²) in [5.74, 6) is -2.97. The first-order chi connectivity index (χ1) is 19.0. The van der Waals surface area contributed by atoms with Crippen molar-refractivity contribution in [3.05, 3.63) is 76.1 Å². The molecule has 0 bridgehead atoms. The van der Waals surface area contributed by atoms with Gasteiger partial charge in [0.05, 0.1) is 42.5 Å². The number of cyclic esters (lactones) is 1. The average molecular weight is 607 g/mol. The number of nitrogens with zero attached hydrogens (tertiary/aromatic N) is 4. The molecule has 0 aliphatic carbocycles. The van der Waals surface area contributed by atoms with E-state index in [1.807, 2.05) is 0 Å². The summed E-state index contributed by atoms with van der Waals surface area (Å²) in [6.07, 6.45) is -11.3. The van der Waals surface area contributed by atoms with E-state index < -0.39 is 66.3 Å². The molecule has 2 unspecified atom stereocenters. The van der Waals surface area contributed by atoms with Gasteiger partial charge in [0.2, 0.25) is 5.95 Å². The van der Waals surface area contributed by atoms with Crippen LogP contribution in [0.15, 0.2) is 48.7 Å². The standard InChI is InChI=1S/C26H19ClF8N4O2/c1-13-21(14-6-15(25(30,31)32)8-16(7-14)26(33,34)35)41-23(40)39(13)10-20-18(17-4-2-3-5-19(17)27)9-36-22(37-20)38-11-24(28,29)12-38/h2-9,13,21H,10-12H2,1H3. The van der Waals surface area contributed by atoms with Crippen LogP contribution in [0.2, 0.25) is 5.02 Å². The van der Waals surface area contributed by atoms with Gasteiger partial charge in [-0.1, -0.05) is 29.8 Å². The number of anilines is 1. The molecule has 0 N–H and O–H groups in total. The zero-order valence-electron chi connectivity index (χ0n) is 20.9. The Kier molecular flexibility index (Phi) is 7.03. The Balaban J connectivity index is 1.51. The third kappa shape index (κ3) is 5.74. The topological polar surface area (TPSA) is 58.6 Å². The number of aromatic nitrogens is 2. The van der Waals surface area contributed by atoms with E-state index in [0.29, 0.717) is 28.3 Å². The molecule has 2 aliphatic heterocycles. The molecule has 2 fully saturated rings. The summed E-state index contributed by atoms with van der Waals surface area (Å²) in [6, 6.07) is 6.51. The number of hydrogen-bond donors (Lipinski definition) is 0. The lowest BCUT2D eigenvalue weighted by atomic mass is 9.97. The first-order valence-corrected chi connectivity index (χ1v) is 12.4. The minimum absolute atomic E-state index is 0.0136. The second-order valence-corrected chi connectivity index (χ2v) is 10.1. The number of rotatable bonds is 5. The molecule has 2 aromatic carbocycles. The number of carbonyl (C=O) groups is 1. The van der Waals surface area contributed by atoms with Crippen molar-refractivity contribution in [2.24, 2.45) is 0 Å². The van der Waals surface area contributed by atoms with E-state index >= 15 is 0 Å². The van der Waals surface area contributed by atoms with Crippen LogP contribution in [0.4, 0.5) is 45.9 Å². The maximum absolute atomic E-state index is 13.5. The van der Waals surface area contributed by atoms with E-state index in [-0.39, 0.29) is 24.3 Å². The molecule has 3 heterocycles. The van der Waals surface area contributed by atoms with Crippen molar-refractivity contribution in [1.29, 1.82) is 0 Å². The number of benzene rings is 2. The third-order valence-corrected chi connectivity index (χ3v) is 7.13. The van der Waals surface area contributed by atoms with Crippen molar-refractivity contribution in [3.8, 4) is 11.1 Å². The minimum Gasteiger partial charge on any atom is -0.439 e. The van der Waals surface area contributed by atoms with Crippen LogP contribution in [0.1, 0.15) is 35.4 Å². The second-order valence-electron chi connectivity index (χ2n) is 9.73. The van der Waals surface area contributed by atoms with Gasteiger partial charge in [0, 0.05) is 22.3 Å². The van der Waals surface area contributed by atoms with Gasteiger partial charge >= 0.3 is 18.4 Å². The number of hydrogen-bond acceptors (Lipinski definition) is 5. The predicted molar refractivity (Wildman–Crippen MR) is 130 cm³/mol. The summed E-state index contributed by atoms with van der Waals surface area (Å²) >= 11 is 6.34. The van der Waals surface area contributed by atoms with E-state index in [1.54, 1.807) is 24.3 Å². The highest BCUT2D eigenvalue weighted by molar-refractivity contribution is 6.33. The van der Waals surface area contributed by atoms with Crippen LogP contribution in [0.3, 0.4) is 0 Å². The highest BCUT2D eigenvalue weighted by Crippen LogP contribution is 2.42. The molecule has 3 aromatic rings. The smallest absolute Gasteiger partial charge is 0.416 e. The molecule has 218 valence electrons. The number of alkyl halides is 8. The number of carbonyl (C=O) groups excluding carboxylic acids is 1. The molecule has 0 radical (unpaired) electrons. The lowest BCUT2D eigenvalue weighted by molar-refractivity contribution is -0.143. The van der Waals surface area contributed by atoms with Gasteiger partial charge in [-0.15, -0.1) is 0 Å². The Morgan fingerprint density at radius 2 is 1.61 bits per heavy atom. The van der Waals surface area contributed by atoms with Gasteiger partial charge in [0.15, 0.2) is 0 Å². The lowest BCUT2D eigenvalue weighted by Gasteiger charge is -2.38. The molecule has 15 heteroatoms. The zero-order valence-corrected chi connectivity index (χ0v) is 21.7. The maximum atomic E-state index is 13.5. The molecular formula is C26H19ClF8N4O2. The largest absolute Gasteiger partial charge is 0.439 e. The lowest BCUT2D eigenvalue weighted by Crippen LogP contribution is -2.57. The quantitative estimate of drug-likeness (QED) is 0.284. The summed E-state index contributed by atoms with van der Waals surface area (Å²) in [4.78, 5) is 23.7. The minimum atomic E-state index is -5.09. The number of ether oxygens (including phenoxy) is 1. The van der Waals surface area contributed by atoms with Gasteiger partial charge in [-0.05, 0) is 36.8 Å². The zero-order chi connectivity index (χ0) is 29.9. The van der Waals surface area contributed by atoms with Crippen molar-refractivity contribution in [2.45, 2.75) is 43.9 Å². The maximum Gasteiger partial charge on any atom is 0.416 e. The fourth-order valence-corrected chi connectivity index (χ4v) is 4.94. The Labute approximate surface area is 232 Å². The van der Waals surface area contributed by atoms with Crippen LogP contribution in [-0.2, 0) is 23.6 Å². The molecule has 2 aliphatic rings. The predicted octanol–water partition coefficient (Wildman–Crippen LogP) is 7.37. The van der Waals surface area contributed by atoms with Crippen LogP contribution in [-0.4, -0.2) is 46.0 Å². The van der Waals surface area contributed by atoms with Crippen LogP contribution in [0.25, 0.3) is 11.1 Å². The molecule has 5 rings (SSSR count). The van der Waals surface area contributed by atoms with E-state index in [2.05, 4.69) is 9.97 Å². The summed E-state index contributed by atoms with van der Waals surface area (Å²) in [5.41, 5.74) is -2.63. The molecule has 1 aromatic heterocycles. The molecular weight excluding hydrogens is 588 g/mol. The number of amides is 1. The first kappa shape index (κ1) is 28.8. The monoisotopic (exact) mass is 606 g/mol. The fourth-order valence-electron chi connectivity index (χ4n) is 4.70. The summed E-state index contributed by atoms with van der Waals surface area (Å²) in [5, 5.41) is 0.291. The summed E-state index contributed by atoms with van der Waals surface area (Å²) < 4.78 is 113. The molecule has 6 nitrogen and oxygen atoms in total. The van der Waals surface area contributed by atoms with Gasteiger partial charge < -0.3 is 9.64 Å². The van der Waals surface area contributed by atoms with Crippen molar-refractivity contribution in [1.82, 2.24) is 14.9 Å². The second kappa shape index (κ2) is 10.00. The third-order valence-electron chi connectivity index (χ3n) is 6.80. The van der Waals surface area contributed by atoms with E-state index in [0.717, 1.165) is 4.90 Å². The SMILES string of the molecule is CC1C(c2cc(C(F)(F)F)cc(C(F)(F)F)c2)OC(=O)N1Cc1nc(N2CC(F)(F)C2)ncc1-c1ccccc1Cl. The number of halogens is 9. The summed E-state index contributed by atoms with van der Waals surface area (Å²) in [6.45, 7) is -0.184. The van der Waals surface area contributed by atoms with Gasteiger partial charge in [-0.3, -0.25) is 4.90 Å². The van der Waals surface area contributed by atoms with Crippen LogP contribution >= 0.6 is 11.6 Å².